The Balaban J connectivity index is 1.48. The standard InChI is InChI=1S/C27H28FNO4S/c1-3-29(18-21-8-4-6-10-24(21)28)26(30)19-33-22-14-12-20(13-15-22)16-17-34-25-11-7-5-9-23(25)27(31)32-2/h4-15H,3,16-19H2,1-2H3. The lowest BCUT2D eigenvalue weighted by molar-refractivity contribution is -0.133. The van der Waals surface area contributed by atoms with Crippen LogP contribution >= 0.6 is 11.8 Å². The molecule has 1 amide bonds. The highest BCUT2D eigenvalue weighted by Crippen LogP contribution is 2.24. The number of carbonyl (C=O) groups excluding carboxylic acids is 2. The molecule has 0 unspecified atom stereocenters. The highest BCUT2D eigenvalue weighted by atomic mass is 32.2. The van der Waals surface area contributed by atoms with E-state index in [1.165, 1.54) is 13.2 Å². The number of aryl methyl sites for hydroxylation is 1. The van der Waals surface area contributed by atoms with Gasteiger partial charge in [-0.15, -0.1) is 11.8 Å². The highest BCUT2D eigenvalue weighted by Gasteiger charge is 2.15. The fourth-order valence-electron chi connectivity index (χ4n) is 3.35. The van der Waals surface area contributed by atoms with Gasteiger partial charge in [0.2, 0.25) is 0 Å². The summed E-state index contributed by atoms with van der Waals surface area (Å²) in [5, 5.41) is 0. The van der Waals surface area contributed by atoms with Crippen LogP contribution in [-0.4, -0.2) is 42.8 Å². The van der Waals surface area contributed by atoms with Gasteiger partial charge in [-0.05, 0) is 49.2 Å². The summed E-state index contributed by atoms with van der Waals surface area (Å²) in [7, 11) is 1.38. The van der Waals surface area contributed by atoms with Crippen molar-refractivity contribution < 1.29 is 23.5 Å². The number of methoxy groups -OCH3 is 1. The third kappa shape index (κ3) is 7.09. The number of likely N-dealkylation sites (N-methyl/N-ethyl adjacent to an activating group) is 1. The Labute approximate surface area is 203 Å². The second kappa shape index (κ2) is 12.8. The number of amides is 1. The number of esters is 1. The summed E-state index contributed by atoms with van der Waals surface area (Å²) in [5.41, 5.74) is 2.17. The van der Waals surface area contributed by atoms with Crippen LogP contribution in [0, 0.1) is 5.82 Å². The normalized spacial score (nSPS) is 10.6. The largest absolute Gasteiger partial charge is 0.484 e. The quantitative estimate of drug-likeness (QED) is 0.272. The van der Waals surface area contributed by atoms with Gasteiger partial charge in [0.05, 0.1) is 12.7 Å². The first-order valence-corrected chi connectivity index (χ1v) is 12.0. The lowest BCUT2D eigenvalue weighted by Crippen LogP contribution is -2.34. The van der Waals surface area contributed by atoms with Crippen molar-refractivity contribution in [3.05, 3.63) is 95.3 Å². The van der Waals surface area contributed by atoms with Crippen LogP contribution in [0.5, 0.6) is 5.75 Å². The first-order valence-electron chi connectivity index (χ1n) is 11.0. The molecular formula is C27H28FNO4S. The molecule has 0 spiro atoms. The molecule has 0 fully saturated rings. The number of hydrogen-bond acceptors (Lipinski definition) is 5. The fourth-order valence-corrected chi connectivity index (χ4v) is 4.39. The minimum absolute atomic E-state index is 0.109. The van der Waals surface area contributed by atoms with Gasteiger partial charge in [-0.1, -0.05) is 42.5 Å². The Morgan fingerprint density at radius 1 is 0.971 bits per heavy atom. The summed E-state index contributed by atoms with van der Waals surface area (Å²) >= 11 is 1.60. The second-order valence-electron chi connectivity index (χ2n) is 7.52. The van der Waals surface area contributed by atoms with E-state index in [9.17, 15) is 14.0 Å². The molecule has 7 heteroatoms. The van der Waals surface area contributed by atoms with E-state index in [1.54, 1.807) is 40.9 Å². The summed E-state index contributed by atoms with van der Waals surface area (Å²) in [4.78, 5) is 26.9. The van der Waals surface area contributed by atoms with E-state index in [1.807, 2.05) is 49.4 Å². The van der Waals surface area contributed by atoms with Crippen LogP contribution < -0.4 is 4.74 Å². The Morgan fingerprint density at radius 2 is 1.68 bits per heavy atom. The molecule has 178 valence electrons. The molecule has 0 atom stereocenters. The molecule has 0 bridgehead atoms. The smallest absolute Gasteiger partial charge is 0.338 e. The molecule has 0 saturated heterocycles. The first-order chi connectivity index (χ1) is 16.5. The van der Waals surface area contributed by atoms with Crippen molar-refractivity contribution in [2.24, 2.45) is 0 Å². The van der Waals surface area contributed by atoms with E-state index in [4.69, 9.17) is 9.47 Å². The van der Waals surface area contributed by atoms with Crippen molar-refractivity contribution in [2.75, 3.05) is 26.0 Å². The average molecular weight is 482 g/mol. The molecule has 0 N–H and O–H groups in total. The third-order valence-electron chi connectivity index (χ3n) is 5.28. The van der Waals surface area contributed by atoms with Crippen molar-refractivity contribution in [1.29, 1.82) is 0 Å². The van der Waals surface area contributed by atoms with E-state index in [0.717, 1.165) is 22.6 Å². The van der Waals surface area contributed by atoms with Gasteiger partial charge in [-0.2, -0.15) is 0 Å². The summed E-state index contributed by atoms with van der Waals surface area (Å²) in [5.74, 6) is 0.541. The Bertz CT molecular complexity index is 1100. The molecule has 0 aliphatic rings. The summed E-state index contributed by atoms with van der Waals surface area (Å²) in [6.45, 7) is 2.42. The number of rotatable bonds is 11. The number of hydrogen-bond donors (Lipinski definition) is 0. The van der Waals surface area contributed by atoms with Crippen molar-refractivity contribution in [3.63, 3.8) is 0 Å². The average Bonchev–Trinajstić information content (AvgIpc) is 2.87. The molecule has 0 aliphatic heterocycles. The summed E-state index contributed by atoms with van der Waals surface area (Å²) in [6, 6.07) is 21.4. The zero-order chi connectivity index (χ0) is 24.3. The number of ether oxygens (including phenoxy) is 2. The van der Waals surface area contributed by atoms with Crippen molar-refractivity contribution >= 4 is 23.6 Å². The van der Waals surface area contributed by atoms with Gasteiger partial charge in [0, 0.05) is 29.3 Å². The molecule has 5 nitrogen and oxygen atoms in total. The maximum absolute atomic E-state index is 13.9. The molecule has 3 rings (SSSR count). The van der Waals surface area contributed by atoms with Crippen LogP contribution in [-0.2, 0) is 22.5 Å². The maximum Gasteiger partial charge on any atom is 0.338 e. The number of benzene rings is 3. The predicted octanol–water partition coefficient (Wildman–Crippen LogP) is 5.37. The Morgan fingerprint density at radius 3 is 2.38 bits per heavy atom. The second-order valence-corrected chi connectivity index (χ2v) is 8.65. The van der Waals surface area contributed by atoms with Crippen molar-refractivity contribution in [2.45, 2.75) is 24.8 Å². The molecule has 34 heavy (non-hydrogen) atoms. The molecule has 0 radical (unpaired) electrons. The van der Waals surface area contributed by atoms with Crippen LogP contribution in [0.1, 0.15) is 28.4 Å². The highest BCUT2D eigenvalue weighted by molar-refractivity contribution is 7.99. The van der Waals surface area contributed by atoms with E-state index >= 15 is 0 Å². The monoisotopic (exact) mass is 481 g/mol. The van der Waals surface area contributed by atoms with E-state index in [-0.39, 0.29) is 30.8 Å². The van der Waals surface area contributed by atoms with E-state index in [2.05, 4.69) is 0 Å². The van der Waals surface area contributed by atoms with Gasteiger partial charge in [-0.25, -0.2) is 9.18 Å². The lowest BCUT2D eigenvalue weighted by atomic mass is 10.2. The summed E-state index contributed by atoms with van der Waals surface area (Å²) in [6.07, 6.45) is 0.811. The number of nitrogens with zero attached hydrogens (tertiary/aromatic N) is 1. The van der Waals surface area contributed by atoms with Crippen LogP contribution in [0.15, 0.2) is 77.7 Å². The molecule has 0 saturated carbocycles. The minimum Gasteiger partial charge on any atom is -0.484 e. The van der Waals surface area contributed by atoms with Crippen LogP contribution in [0.2, 0.25) is 0 Å². The molecule has 0 heterocycles. The number of thioether (sulfide) groups is 1. The van der Waals surface area contributed by atoms with E-state index < -0.39 is 0 Å². The first kappa shape index (κ1) is 25.3. The fraction of sp³-hybridized carbons (Fsp3) is 0.259. The number of carbonyl (C=O) groups is 2. The van der Waals surface area contributed by atoms with Crippen molar-refractivity contribution in [3.8, 4) is 5.75 Å². The van der Waals surface area contributed by atoms with Crippen LogP contribution in [0.4, 0.5) is 4.39 Å². The zero-order valence-electron chi connectivity index (χ0n) is 19.3. The van der Waals surface area contributed by atoms with Gasteiger partial charge in [-0.3, -0.25) is 4.79 Å². The molecule has 3 aromatic carbocycles. The lowest BCUT2D eigenvalue weighted by Gasteiger charge is -2.21. The van der Waals surface area contributed by atoms with Gasteiger partial charge < -0.3 is 14.4 Å². The van der Waals surface area contributed by atoms with Gasteiger partial charge in [0.25, 0.3) is 5.91 Å². The van der Waals surface area contributed by atoms with E-state index in [0.29, 0.717) is 23.4 Å². The van der Waals surface area contributed by atoms with Crippen LogP contribution in [0.3, 0.4) is 0 Å². The summed E-state index contributed by atoms with van der Waals surface area (Å²) < 4.78 is 24.4. The van der Waals surface area contributed by atoms with Crippen LogP contribution in [0.25, 0.3) is 0 Å². The molecular weight excluding hydrogens is 453 g/mol. The zero-order valence-corrected chi connectivity index (χ0v) is 20.1. The van der Waals surface area contributed by atoms with Gasteiger partial charge >= 0.3 is 5.97 Å². The Kier molecular flexibility index (Phi) is 9.52. The molecule has 0 aromatic heterocycles. The topological polar surface area (TPSA) is 55.8 Å². The van der Waals surface area contributed by atoms with Gasteiger partial charge in [0.15, 0.2) is 6.61 Å². The SMILES string of the molecule is CCN(Cc1ccccc1F)C(=O)COc1ccc(CCSc2ccccc2C(=O)OC)cc1. The van der Waals surface area contributed by atoms with Gasteiger partial charge in [0.1, 0.15) is 11.6 Å². The Hall–Kier alpha value is -3.32. The maximum atomic E-state index is 13.9. The number of halogens is 1. The molecule has 3 aromatic rings. The minimum atomic E-state index is -0.338. The predicted molar refractivity (Wildman–Crippen MR) is 132 cm³/mol. The molecule has 0 aliphatic carbocycles. The van der Waals surface area contributed by atoms with Crippen molar-refractivity contribution in [1.82, 2.24) is 4.90 Å². The third-order valence-corrected chi connectivity index (χ3v) is 6.36.